The van der Waals surface area contributed by atoms with Gasteiger partial charge in [-0.05, 0) is 78.0 Å². The van der Waals surface area contributed by atoms with E-state index in [1.165, 1.54) is 6.08 Å². The molecular formula is C52H55N5O14P2-2. The number of hydrogen-bond donors (Lipinski definition) is 2. The Morgan fingerprint density at radius 3 is 2.47 bits per heavy atom. The highest BCUT2D eigenvalue weighted by atomic mass is 31.3. The number of nitrogens with zero attached hydrogens (tertiary/aromatic N) is 4. The summed E-state index contributed by atoms with van der Waals surface area (Å²) < 4.78 is 55.2. The molecule has 4 fully saturated rings. The lowest BCUT2D eigenvalue weighted by Crippen LogP contribution is -2.63. The molecule has 11 atom stereocenters. The maximum absolute atomic E-state index is 14.9. The number of benzene rings is 3. The van der Waals surface area contributed by atoms with Crippen molar-refractivity contribution in [2.45, 2.75) is 89.6 Å². The Morgan fingerprint density at radius 2 is 1.68 bits per heavy atom. The number of allylic oxidation sites excluding steroid dienone is 4. The van der Waals surface area contributed by atoms with Crippen LogP contribution in [0.2, 0.25) is 0 Å². The van der Waals surface area contributed by atoms with E-state index >= 15 is 0 Å². The third kappa shape index (κ3) is 9.84. The minimum Gasteiger partial charge on any atom is -0.756 e. The molecule has 1 saturated heterocycles. The summed E-state index contributed by atoms with van der Waals surface area (Å²) in [6.07, 6.45) is 10.4. The van der Waals surface area contributed by atoms with E-state index in [1.54, 1.807) is 40.2 Å². The normalized spacial score (nSPS) is 30.9. The second-order valence-corrected chi connectivity index (χ2v) is 23.0. The quantitative estimate of drug-likeness (QED) is 0.103. The second kappa shape index (κ2) is 19.9. The first-order chi connectivity index (χ1) is 34.9. The third-order valence-electron chi connectivity index (χ3n) is 15.9. The molecule has 21 heteroatoms. The fourth-order valence-electron chi connectivity index (χ4n) is 12.6. The average Bonchev–Trinajstić information content (AvgIpc) is 4.07. The fraction of sp³-hybridized carbons (Fsp3) is 0.423. The van der Waals surface area contributed by atoms with Crippen LogP contribution in [0.15, 0.2) is 109 Å². The molecule has 384 valence electrons. The number of ether oxygens (including phenoxy) is 2. The topological polar surface area (TPSA) is 261 Å². The number of phosphoric acid groups is 2. The summed E-state index contributed by atoms with van der Waals surface area (Å²) in [6.45, 7) is 2.27. The van der Waals surface area contributed by atoms with Gasteiger partial charge in [0.05, 0.1) is 43.8 Å². The van der Waals surface area contributed by atoms with Crippen LogP contribution in [-0.2, 0) is 64.2 Å². The Balaban J connectivity index is 0.775. The van der Waals surface area contributed by atoms with Crippen LogP contribution >= 0.6 is 15.6 Å². The van der Waals surface area contributed by atoms with Crippen molar-refractivity contribution in [2.75, 3.05) is 24.7 Å². The summed E-state index contributed by atoms with van der Waals surface area (Å²) in [5.74, 6) is -2.59. The first-order valence-electron chi connectivity index (χ1n) is 24.3. The van der Waals surface area contributed by atoms with Crippen LogP contribution in [-0.4, -0.2) is 81.0 Å². The average molecular weight is 1040 g/mol. The minimum absolute atomic E-state index is 0.0560. The number of aromatic nitrogens is 3. The Labute approximate surface area is 421 Å². The number of hydrogen-bond acceptors (Lipinski definition) is 16. The highest BCUT2D eigenvalue weighted by Crippen LogP contribution is 2.71. The number of anilines is 1. The molecule has 0 radical (unpaired) electrons. The lowest BCUT2D eigenvalue weighted by Gasteiger charge is -2.59. The summed E-state index contributed by atoms with van der Waals surface area (Å²) in [5, 5.41) is 22.5. The molecule has 10 rings (SSSR count). The number of aliphatic hydroxyl groups excluding tert-OH is 1. The number of fused-ring (bicyclic) bond motifs is 9. The smallest absolute Gasteiger partial charge is 0.274 e. The fourth-order valence-corrected chi connectivity index (χ4v) is 14.5. The highest BCUT2D eigenvalue weighted by molar-refractivity contribution is 7.59. The number of carbonyl (C=O) groups excluding carboxylic acids is 4. The van der Waals surface area contributed by atoms with Crippen molar-refractivity contribution in [3.63, 3.8) is 0 Å². The molecule has 3 aromatic carbocycles. The predicted molar refractivity (Wildman–Crippen MR) is 259 cm³/mol. The van der Waals surface area contributed by atoms with E-state index in [4.69, 9.17) is 18.5 Å². The van der Waals surface area contributed by atoms with Crippen molar-refractivity contribution < 1.29 is 66.0 Å². The largest absolute Gasteiger partial charge is 0.756 e. The van der Waals surface area contributed by atoms with Gasteiger partial charge in [-0.3, -0.25) is 28.3 Å². The van der Waals surface area contributed by atoms with Gasteiger partial charge in [0.15, 0.2) is 23.5 Å². The zero-order valence-electron chi connectivity index (χ0n) is 40.1. The number of aliphatic hydroxyl groups is 1. The lowest BCUT2D eigenvalue weighted by atomic mass is 9.46. The van der Waals surface area contributed by atoms with Crippen molar-refractivity contribution in [1.29, 1.82) is 0 Å². The number of amides is 2. The minimum atomic E-state index is -5.83. The van der Waals surface area contributed by atoms with E-state index in [2.05, 4.69) is 19.9 Å². The number of para-hydroxylation sites is 1. The van der Waals surface area contributed by atoms with Gasteiger partial charge in [0.25, 0.3) is 15.6 Å². The molecule has 3 heterocycles. The van der Waals surface area contributed by atoms with Gasteiger partial charge in [-0.2, -0.15) is 0 Å². The van der Waals surface area contributed by atoms with E-state index in [0.717, 1.165) is 27.8 Å². The number of ketones is 2. The molecule has 0 bridgehead atoms. The number of phosphoric ester groups is 2. The summed E-state index contributed by atoms with van der Waals surface area (Å²) in [7, 11) is -11.5. The lowest BCUT2D eigenvalue weighted by molar-refractivity contribution is -0.244. The molecule has 0 spiro atoms. The molecule has 4 aromatic rings. The van der Waals surface area contributed by atoms with Crippen LogP contribution in [0, 0.1) is 28.6 Å². The van der Waals surface area contributed by atoms with E-state index in [-0.39, 0.29) is 61.8 Å². The van der Waals surface area contributed by atoms with E-state index in [9.17, 15) is 43.2 Å². The van der Waals surface area contributed by atoms with Gasteiger partial charge >= 0.3 is 0 Å². The summed E-state index contributed by atoms with van der Waals surface area (Å²) in [4.78, 5) is 81.3. The van der Waals surface area contributed by atoms with Crippen molar-refractivity contribution in [2.24, 2.45) is 28.6 Å². The molecule has 19 nitrogen and oxygen atoms in total. The maximum atomic E-state index is 14.9. The van der Waals surface area contributed by atoms with Crippen LogP contribution < -0.4 is 20.0 Å². The van der Waals surface area contributed by atoms with Gasteiger partial charge in [0, 0.05) is 47.9 Å². The number of carbonyl (C=O) groups is 4. The van der Waals surface area contributed by atoms with Crippen LogP contribution in [0.5, 0.6) is 0 Å². The van der Waals surface area contributed by atoms with Gasteiger partial charge in [-0.15, -0.1) is 5.10 Å². The molecule has 6 aliphatic rings. The molecule has 2 N–H and O–H groups in total. The van der Waals surface area contributed by atoms with Gasteiger partial charge in [-0.25, -0.2) is 8.99 Å². The van der Waals surface area contributed by atoms with Crippen LogP contribution in [0.25, 0.3) is 12.2 Å². The summed E-state index contributed by atoms with van der Waals surface area (Å²) in [5.41, 5.74) is 2.18. The maximum Gasteiger partial charge on any atom is 0.274 e. The third-order valence-corrected chi connectivity index (χ3v) is 18.4. The van der Waals surface area contributed by atoms with Crippen LogP contribution in [0.3, 0.4) is 0 Å². The molecule has 3 saturated carbocycles. The van der Waals surface area contributed by atoms with Gasteiger partial charge in [0.1, 0.15) is 6.61 Å². The molecule has 73 heavy (non-hydrogen) atoms. The van der Waals surface area contributed by atoms with Crippen molar-refractivity contribution in [3.05, 3.63) is 137 Å². The Bertz CT molecular complexity index is 3000. The molecule has 2 aliphatic heterocycles. The molecule has 1 aromatic heterocycles. The first kappa shape index (κ1) is 50.9. The SMILES string of the molecule is C[C@]12C=CC(=O)C=C1CC[C@@H]1[C@@H]2[C@@H](O)C[C@@]2(C)[C@H]1C[C@H]1O[C@@H](c3ccc(Cn4ccnn4)cc3)O[C@]12C(=O)COP(=O)([O-])OP(=O)([O-])OCCNC(=O)CCC(=O)N1Cc2ccccc2/C=C\c2ccccc21. The Kier molecular flexibility index (Phi) is 13.9. The van der Waals surface area contributed by atoms with Crippen LogP contribution in [0.1, 0.15) is 86.5 Å². The second-order valence-electron chi connectivity index (χ2n) is 20.0. The predicted octanol–water partition coefficient (Wildman–Crippen LogP) is 5.54. The molecular weight excluding hydrogens is 981 g/mol. The van der Waals surface area contributed by atoms with Gasteiger partial charge in [-0.1, -0.05) is 110 Å². The van der Waals surface area contributed by atoms with E-state index in [1.807, 2.05) is 92.7 Å². The van der Waals surface area contributed by atoms with Gasteiger partial charge < -0.3 is 43.6 Å². The molecule has 2 amide bonds. The summed E-state index contributed by atoms with van der Waals surface area (Å²) >= 11 is 0. The van der Waals surface area contributed by atoms with Gasteiger partial charge in [0.2, 0.25) is 11.8 Å². The Morgan fingerprint density at radius 1 is 0.945 bits per heavy atom. The number of nitrogens with one attached hydrogen (secondary N) is 1. The highest BCUT2D eigenvalue weighted by Gasteiger charge is 2.76. The molecule has 4 aliphatic carbocycles. The number of Topliss-reactive ketones (excluding diaryl/α,β-unsaturated/α-hetero) is 1. The van der Waals surface area contributed by atoms with Crippen molar-refractivity contribution >= 4 is 56.9 Å². The van der Waals surface area contributed by atoms with E-state index < -0.39 is 75.5 Å². The van der Waals surface area contributed by atoms with E-state index in [0.29, 0.717) is 37.1 Å². The van der Waals surface area contributed by atoms with Crippen LogP contribution in [0.4, 0.5) is 5.69 Å². The first-order valence-corrected chi connectivity index (χ1v) is 27.3. The zero-order valence-corrected chi connectivity index (χ0v) is 41.9. The number of rotatable bonds is 16. The zero-order chi connectivity index (χ0) is 51.3. The monoisotopic (exact) mass is 1040 g/mol. The van der Waals surface area contributed by atoms with Crippen molar-refractivity contribution in [1.82, 2.24) is 20.3 Å². The summed E-state index contributed by atoms with van der Waals surface area (Å²) in [6, 6.07) is 22.4. The van der Waals surface area contributed by atoms with Crippen molar-refractivity contribution in [3.8, 4) is 0 Å². The standard InChI is InChI=1S/C52H57N5O14P2/c1-50-22-21-39(58)27-38(50)17-18-40-41-28-45-52(51(41,2)29-43(59)48(40)50,70-49(69-45)36-13-11-33(12-14-36)30-56-25-23-54-55-56)44(60)32-68-73(65,66)71-72(63,64)67-26-24-53-46(61)19-20-47(62)57-31-37-9-4-3-7-34(37)15-16-35-8-5-6-10-42(35)57/h3-16,21-23,25,27,40-41,43,45,48-49,59H,17-20,24,26,28-32H2,1-2H3,(H,53,61)(H,63,64)(H,65,66)/p-2/b16-15-/t40-,41-,43-,45+,48+,49+,50-,51-,52+/m0/s1. The Hall–Kier alpha value is -5.56. The molecule has 2 unspecified atom stereocenters.